The fraction of sp³-hybridized carbons (Fsp3) is 0.571. The maximum atomic E-state index is 2.46. The van der Waals surface area contributed by atoms with Gasteiger partial charge in [-0.15, -0.1) is 0 Å². The first kappa shape index (κ1) is 13.0. The van der Waals surface area contributed by atoms with Crippen LogP contribution in [-0.4, -0.2) is 37.6 Å². The van der Waals surface area contributed by atoms with Crippen LogP contribution < -0.4 is 4.90 Å². The highest BCUT2D eigenvalue weighted by Crippen LogP contribution is 2.12. The van der Waals surface area contributed by atoms with E-state index < -0.39 is 0 Å². The van der Waals surface area contributed by atoms with Gasteiger partial charge in [0.05, 0.1) is 0 Å². The van der Waals surface area contributed by atoms with Crippen molar-refractivity contribution in [3.05, 3.63) is 30.3 Å². The van der Waals surface area contributed by atoms with Crippen molar-refractivity contribution in [2.24, 2.45) is 0 Å². The molecular formula is C14H24N2. The molecule has 2 nitrogen and oxygen atoms in total. The van der Waals surface area contributed by atoms with Gasteiger partial charge in [-0.25, -0.2) is 0 Å². The van der Waals surface area contributed by atoms with E-state index in [4.69, 9.17) is 0 Å². The van der Waals surface area contributed by atoms with Crippen LogP contribution in [0.25, 0.3) is 0 Å². The molecule has 1 aromatic rings. The lowest BCUT2D eigenvalue weighted by molar-refractivity contribution is 0.310. The molecule has 0 aliphatic rings. The zero-order valence-electron chi connectivity index (χ0n) is 10.8. The molecule has 0 aliphatic heterocycles. The van der Waals surface area contributed by atoms with Crippen molar-refractivity contribution in [1.29, 1.82) is 0 Å². The zero-order chi connectivity index (χ0) is 11.8. The van der Waals surface area contributed by atoms with Crippen LogP contribution >= 0.6 is 0 Å². The van der Waals surface area contributed by atoms with Crippen molar-refractivity contribution in [2.75, 3.05) is 37.6 Å². The van der Waals surface area contributed by atoms with Crippen molar-refractivity contribution < 1.29 is 0 Å². The van der Waals surface area contributed by atoms with Crippen LogP contribution in [0.2, 0.25) is 0 Å². The highest BCUT2D eigenvalue weighted by atomic mass is 15.2. The minimum Gasteiger partial charge on any atom is -0.371 e. The van der Waals surface area contributed by atoms with Crippen molar-refractivity contribution in [2.45, 2.75) is 20.8 Å². The lowest BCUT2D eigenvalue weighted by Crippen LogP contribution is -2.35. The molecule has 90 valence electrons. The Morgan fingerprint density at radius 2 is 1.44 bits per heavy atom. The highest BCUT2D eigenvalue weighted by molar-refractivity contribution is 5.45. The number of nitrogens with zero attached hydrogens (tertiary/aromatic N) is 2. The van der Waals surface area contributed by atoms with E-state index in [0.29, 0.717) is 0 Å². The van der Waals surface area contributed by atoms with Gasteiger partial charge in [0.25, 0.3) is 0 Å². The molecule has 0 fully saturated rings. The van der Waals surface area contributed by atoms with Gasteiger partial charge >= 0.3 is 0 Å². The molecule has 16 heavy (non-hydrogen) atoms. The van der Waals surface area contributed by atoms with Crippen LogP contribution in [0, 0.1) is 0 Å². The van der Waals surface area contributed by atoms with E-state index in [2.05, 4.69) is 60.9 Å². The first-order chi connectivity index (χ1) is 7.81. The van der Waals surface area contributed by atoms with Gasteiger partial charge in [0.15, 0.2) is 0 Å². The van der Waals surface area contributed by atoms with Gasteiger partial charge in [0, 0.05) is 25.3 Å². The average Bonchev–Trinajstić information content (AvgIpc) is 2.36. The fourth-order valence-electron chi connectivity index (χ4n) is 1.91. The molecule has 0 spiro atoms. The van der Waals surface area contributed by atoms with E-state index in [9.17, 15) is 0 Å². The third-order valence-electron chi connectivity index (χ3n) is 3.08. The molecular weight excluding hydrogens is 196 g/mol. The minimum atomic E-state index is 1.07. The summed E-state index contributed by atoms with van der Waals surface area (Å²) in [6.45, 7) is 12.3. The molecule has 0 unspecified atom stereocenters. The number of likely N-dealkylation sites (N-methyl/N-ethyl adjacent to an activating group) is 2. The van der Waals surface area contributed by atoms with E-state index >= 15 is 0 Å². The quantitative estimate of drug-likeness (QED) is 0.697. The molecule has 0 N–H and O–H groups in total. The number of benzene rings is 1. The van der Waals surface area contributed by atoms with Gasteiger partial charge < -0.3 is 9.80 Å². The van der Waals surface area contributed by atoms with E-state index in [1.165, 1.54) is 5.69 Å². The number of anilines is 1. The third-order valence-corrected chi connectivity index (χ3v) is 3.08. The van der Waals surface area contributed by atoms with Crippen molar-refractivity contribution >= 4 is 5.69 Å². The molecule has 2 heteroatoms. The van der Waals surface area contributed by atoms with Crippen LogP contribution in [0.4, 0.5) is 5.69 Å². The first-order valence-electron chi connectivity index (χ1n) is 6.34. The summed E-state index contributed by atoms with van der Waals surface area (Å²) in [5, 5.41) is 0. The highest BCUT2D eigenvalue weighted by Gasteiger charge is 2.05. The van der Waals surface area contributed by atoms with E-state index in [1.807, 2.05) is 0 Å². The topological polar surface area (TPSA) is 6.48 Å². The maximum Gasteiger partial charge on any atom is 0.0366 e. The summed E-state index contributed by atoms with van der Waals surface area (Å²) in [6, 6.07) is 10.7. The van der Waals surface area contributed by atoms with Crippen molar-refractivity contribution in [3.8, 4) is 0 Å². The van der Waals surface area contributed by atoms with Crippen LogP contribution in [0.1, 0.15) is 20.8 Å². The number of para-hydroxylation sites is 1. The summed E-state index contributed by atoms with van der Waals surface area (Å²) in [4.78, 5) is 4.89. The molecule has 0 radical (unpaired) electrons. The molecule has 1 rings (SSSR count). The van der Waals surface area contributed by atoms with Gasteiger partial charge in [0.1, 0.15) is 0 Å². The Morgan fingerprint density at radius 1 is 0.812 bits per heavy atom. The van der Waals surface area contributed by atoms with Gasteiger partial charge in [-0.3, -0.25) is 0 Å². The summed E-state index contributed by atoms with van der Waals surface area (Å²) >= 11 is 0. The second-order valence-corrected chi connectivity index (χ2v) is 3.94. The SMILES string of the molecule is CCN(CC)CCN(CC)c1ccccc1. The first-order valence-corrected chi connectivity index (χ1v) is 6.34. The predicted octanol–water partition coefficient (Wildman–Crippen LogP) is 2.85. The standard InChI is InChI=1S/C14H24N2/c1-4-15(5-2)12-13-16(6-3)14-10-8-7-9-11-14/h7-11H,4-6,12-13H2,1-3H3. The van der Waals surface area contributed by atoms with Crippen LogP contribution in [0.15, 0.2) is 30.3 Å². The lowest BCUT2D eigenvalue weighted by Gasteiger charge is -2.27. The molecule has 0 amide bonds. The zero-order valence-corrected chi connectivity index (χ0v) is 10.8. The largest absolute Gasteiger partial charge is 0.371 e. The van der Waals surface area contributed by atoms with E-state index in [0.717, 1.165) is 32.7 Å². The van der Waals surface area contributed by atoms with Gasteiger partial charge in [0.2, 0.25) is 0 Å². The Kier molecular flexibility index (Phi) is 5.94. The Bertz CT molecular complexity index is 267. The molecule has 0 aliphatic carbocycles. The molecule has 0 saturated heterocycles. The average molecular weight is 220 g/mol. The smallest absolute Gasteiger partial charge is 0.0366 e. The van der Waals surface area contributed by atoms with E-state index in [-0.39, 0.29) is 0 Å². The number of hydrogen-bond donors (Lipinski definition) is 0. The summed E-state index contributed by atoms with van der Waals surface area (Å²) in [6.07, 6.45) is 0. The summed E-state index contributed by atoms with van der Waals surface area (Å²) in [7, 11) is 0. The molecule has 0 heterocycles. The Morgan fingerprint density at radius 3 is 1.94 bits per heavy atom. The van der Waals surface area contributed by atoms with Crippen LogP contribution in [0.3, 0.4) is 0 Å². The van der Waals surface area contributed by atoms with Crippen molar-refractivity contribution in [1.82, 2.24) is 4.90 Å². The minimum absolute atomic E-state index is 1.07. The number of rotatable bonds is 7. The van der Waals surface area contributed by atoms with Crippen LogP contribution in [-0.2, 0) is 0 Å². The molecule has 1 aromatic carbocycles. The second-order valence-electron chi connectivity index (χ2n) is 3.94. The normalized spacial score (nSPS) is 10.8. The van der Waals surface area contributed by atoms with Crippen molar-refractivity contribution in [3.63, 3.8) is 0 Å². The molecule has 0 aromatic heterocycles. The molecule has 0 bridgehead atoms. The third kappa shape index (κ3) is 3.86. The van der Waals surface area contributed by atoms with Gasteiger partial charge in [-0.2, -0.15) is 0 Å². The Hall–Kier alpha value is -1.02. The summed E-state index contributed by atoms with van der Waals surface area (Å²) < 4.78 is 0. The molecule has 0 saturated carbocycles. The fourth-order valence-corrected chi connectivity index (χ4v) is 1.91. The number of hydrogen-bond acceptors (Lipinski definition) is 2. The Balaban J connectivity index is 2.50. The maximum absolute atomic E-state index is 2.46. The van der Waals surface area contributed by atoms with Gasteiger partial charge in [-0.1, -0.05) is 32.0 Å². The lowest BCUT2D eigenvalue weighted by atomic mass is 10.3. The molecule has 0 atom stereocenters. The van der Waals surface area contributed by atoms with Crippen LogP contribution in [0.5, 0.6) is 0 Å². The Labute approximate surface area is 99.9 Å². The monoisotopic (exact) mass is 220 g/mol. The summed E-state index contributed by atoms with van der Waals surface area (Å²) in [5.41, 5.74) is 1.33. The summed E-state index contributed by atoms with van der Waals surface area (Å²) in [5.74, 6) is 0. The predicted molar refractivity (Wildman–Crippen MR) is 72.1 cm³/mol. The van der Waals surface area contributed by atoms with Gasteiger partial charge in [-0.05, 0) is 32.1 Å². The van der Waals surface area contributed by atoms with E-state index in [1.54, 1.807) is 0 Å². The second kappa shape index (κ2) is 7.29.